The molecule has 1 fully saturated rings. The summed E-state index contributed by atoms with van der Waals surface area (Å²) >= 11 is 0. The molecule has 1 aromatic carbocycles. The third kappa shape index (κ3) is 10.8. The van der Waals surface area contributed by atoms with Crippen LogP contribution >= 0.6 is 0 Å². The zero-order chi connectivity index (χ0) is 19.9. The Balaban J connectivity index is 1.32. The van der Waals surface area contributed by atoms with E-state index in [0.717, 1.165) is 18.4 Å². The van der Waals surface area contributed by atoms with Crippen LogP contribution < -0.4 is 0 Å². The van der Waals surface area contributed by atoms with E-state index < -0.39 is 0 Å². The number of rotatable bonds is 17. The number of epoxide rings is 1. The van der Waals surface area contributed by atoms with Crippen LogP contribution in [-0.2, 0) is 20.9 Å². The fraction of sp³-hybridized carbons (Fsp3) is 0.720. The van der Waals surface area contributed by atoms with Crippen molar-refractivity contribution in [1.82, 2.24) is 0 Å². The van der Waals surface area contributed by atoms with Crippen molar-refractivity contribution in [3.05, 3.63) is 35.9 Å². The highest BCUT2D eigenvalue weighted by Crippen LogP contribution is 2.31. The first-order valence-electron chi connectivity index (χ1n) is 11.6. The predicted octanol–water partition coefficient (Wildman–Crippen LogP) is 6.98. The molecule has 2 unspecified atom stereocenters. The molecule has 0 radical (unpaired) electrons. The lowest BCUT2D eigenvalue weighted by Gasteiger charge is -2.05. The summed E-state index contributed by atoms with van der Waals surface area (Å²) in [5.74, 6) is -0.0761. The molecule has 28 heavy (non-hydrogen) atoms. The molecule has 3 heteroatoms. The summed E-state index contributed by atoms with van der Waals surface area (Å²) in [5.41, 5.74) is 1.05. The molecule has 158 valence electrons. The summed E-state index contributed by atoms with van der Waals surface area (Å²) < 4.78 is 11.1. The normalized spacial score (nSPS) is 18.2. The molecule has 2 rings (SSSR count). The summed E-state index contributed by atoms with van der Waals surface area (Å²) in [7, 11) is 0. The monoisotopic (exact) mass is 388 g/mol. The Morgan fingerprint density at radius 3 is 2.04 bits per heavy atom. The van der Waals surface area contributed by atoms with E-state index in [4.69, 9.17) is 9.47 Å². The molecule has 0 bridgehead atoms. The average molecular weight is 389 g/mol. The van der Waals surface area contributed by atoms with E-state index in [9.17, 15) is 4.79 Å². The van der Waals surface area contributed by atoms with E-state index in [1.807, 2.05) is 30.3 Å². The maximum atomic E-state index is 11.8. The minimum atomic E-state index is -0.0761. The molecule has 0 aromatic heterocycles. The molecule has 1 heterocycles. The van der Waals surface area contributed by atoms with Gasteiger partial charge in [-0.3, -0.25) is 4.79 Å². The molecule has 0 saturated carbocycles. The maximum absolute atomic E-state index is 11.8. The summed E-state index contributed by atoms with van der Waals surface area (Å²) in [5, 5.41) is 0. The standard InChI is InChI=1S/C25H40O3/c1-2-3-4-5-7-13-18-23-24(28-23)19-14-8-6-9-15-20-25(26)27-21-22-16-11-10-12-17-22/h10-12,16-17,23-24H,2-9,13-15,18-21H2,1H3. The molecular weight excluding hydrogens is 348 g/mol. The van der Waals surface area contributed by atoms with Crippen molar-refractivity contribution in [1.29, 1.82) is 0 Å². The second-order valence-electron chi connectivity index (χ2n) is 8.22. The maximum Gasteiger partial charge on any atom is 0.306 e. The summed E-state index contributed by atoms with van der Waals surface area (Å²) in [6, 6.07) is 9.86. The number of hydrogen-bond donors (Lipinski definition) is 0. The van der Waals surface area contributed by atoms with Gasteiger partial charge >= 0.3 is 5.97 Å². The number of benzene rings is 1. The van der Waals surface area contributed by atoms with Gasteiger partial charge in [-0.05, 0) is 24.8 Å². The highest BCUT2D eigenvalue weighted by molar-refractivity contribution is 5.69. The Bertz CT molecular complexity index is 514. The zero-order valence-electron chi connectivity index (χ0n) is 17.9. The van der Waals surface area contributed by atoms with Crippen molar-refractivity contribution >= 4 is 5.97 Å². The number of esters is 1. The van der Waals surface area contributed by atoms with E-state index >= 15 is 0 Å². The van der Waals surface area contributed by atoms with Crippen molar-refractivity contribution in [2.45, 2.75) is 116 Å². The van der Waals surface area contributed by atoms with Gasteiger partial charge in [0.15, 0.2) is 0 Å². The molecule has 0 aliphatic carbocycles. The Morgan fingerprint density at radius 2 is 1.39 bits per heavy atom. The first kappa shape index (κ1) is 22.9. The van der Waals surface area contributed by atoms with E-state index in [2.05, 4.69) is 6.92 Å². The zero-order valence-corrected chi connectivity index (χ0v) is 17.9. The second kappa shape index (κ2) is 14.6. The number of ether oxygens (including phenoxy) is 2. The summed E-state index contributed by atoms with van der Waals surface area (Å²) in [4.78, 5) is 11.8. The number of carbonyl (C=O) groups excluding carboxylic acids is 1. The quantitative estimate of drug-likeness (QED) is 0.164. The van der Waals surface area contributed by atoms with Gasteiger partial charge in [0, 0.05) is 6.42 Å². The first-order chi connectivity index (χ1) is 13.8. The topological polar surface area (TPSA) is 38.8 Å². The number of hydrogen-bond acceptors (Lipinski definition) is 3. The van der Waals surface area contributed by atoms with Gasteiger partial charge in [0.1, 0.15) is 6.61 Å². The average Bonchev–Trinajstić information content (AvgIpc) is 3.47. The molecule has 0 N–H and O–H groups in total. The fourth-order valence-electron chi connectivity index (χ4n) is 3.77. The predicted molar refractivity (Wildman–Crippen MR) is 115 cm³/mol. The Kier molecular flexibility index (Phi) is 12.0. The lowest BCUT2D eigenvalue weighted by Crippen LogP contribution is -2.04. The molecule has 1 saturated heterocycles. The molecule has 0 spiro atoms. The van der Waals surface area contributed by atoms with Crippen LogP contribution in [0.2, 0.25) is 0 Å². The van der Waals surface area contributed by atoms with Crippen LogP contribution in [0.25, 0.3) is 0 Å². The minimum Gasteiger partial charge on any atom is -0.461 e. The molecule has 2 atom stereocenters. The van der Waals surface area contributed by atoms with Crippen LogP contribution in [0.3, 0.4) is 0 Å². The highest BCUT2D eigenvalue weighted by Gasteiger charge is 2.36. The van der Waals surface area contributed by atoms with Crippen molar-refractivity contribution < 1.29 is 14.3 Å². The van der Waals surface area contributed by atoms with Crippen LogP contribution in [0.15, 0.2) is 30.3 Å². The molecule has 1 aromatic rings. The summed E-state index contributed by atoms with van der Waals surface area (Å²) in [6.07, 6.45) is 18.1. The number of unbranched alkanes of at least 4 members (excludes halogenated alkanes) is 9. The molecule has 3 nitrogen and oxygen atoms in total. The number of carbonyl (C=O) groups is 1. The van der Waals surface area contributed by atoms with Crippen LogP contribution in [0.5, 0.6) is 0 Å². The minimum absolute atomic E-state index is 0.0761. The fourth-order valence-corrected chi connectivity index (χ4v) is 3.77. The largest absolute Gasteiger partial charge is 0.461 e. The third-order valence-corrected chi connectivity index (χ3v) is 5.64. The molecular formula is C25H40O3. The van der Waals surface area contributed by atoms with Crippen LogP contribution in [0, 0.1) is 0 Å². The van der Waals surface area contributed by atoms with Gasteiger partial charge in [-0.2, -0.15) is 0 Å². The van der Waals surface area contributed by atoms with Crippen LogP contribution in [-0.4, -0.2) is 18.2 Å². The van der Waals surface area contributed by atoms with Crippen molar-refractivity contribution in [3.8, 4) is 0 Å². The lowest BCUT2D eigenvalue weighted by atomic mass is 10.0. The SMILES string of the molecule is CCCCCCCCC1OC1CCCCCCCC(=O)OCc1ccccc1. The van der Waals surface area contributed by atoms with Crippen molar-refractivity contribution in [2.75, 3.05) is 0 Å². The smallest absolute Gasteiger partial charge is 0.306 e. The molecule has 1 aliphatic rings. The molecule has 0 amide bonds. The second-order valence-corrected chi connectivity index (χ2v) is 8.22. The van der Waals surface area contributed by atoms with Gasteiger partial charge in [0.25, 0.3) is 0 Å². The van der Waals surface area contributed by atoms with Gasteiger partial charge in [-0.15, -0.1) is 0 Å². The highest BCUT2D eigenvalue weighted by atomic mass is 16.6. The first-order valence-corrected chi connectivity index (χ1v) is 11.6. The Labute approximate surface area is 172 Å². The van der Waals surface area contributed by atoms with E-state index in [1.54, 1.807) is 0 Å². The van der Waals surface area contributed by atoms with Gasteiger partial charge in [0.2, 0.25) is 0 Å². The lowest BCUT2D eigenvalue weighted by molar-refractivity contribution is -0.145. The van der Waals surface area contributed by atoms with Gasteiger partial charge < -0.3 is 9.47 Å². The Hall–Kier alpha value is -1.35. The van der Waals surface area contributed by atoms with E-state index in [1.165, 1.54) is 70.6 Å². The van der Waals surface area contributed by atoms with Gasteiger partial charge in [-0.25, -0.2) is 0 Å². The van der Waals surface area contributed by atoms with Crippen LogP contribution in [0.1, 0.15) is 102 Å². The Morgan fingerprint density at radius 1 is 0.821 bits per heavy atom. The van der Waals surface area contributed by atoms with Crippen molar-refractivity contribution in [3.63, 3.8) is 0 Å². The van der Waals surface area contributed by atoms with E-state index in [-0.39, 0.29) is 5.97 Å². The van der Waals surface area contributed by atoms with Gasteiger partial charge in [0.05, 0.1) is 12.2 Å². The third-order valence-electron chi connectivity index (χ3n) is 5.64. The van der Waals surface area contributed by atoms with Crippen molar-refractivity contribution in [2.24, 2.45) is 0 Å². The molecule has 1 aliphatic heterocycles. The summed E-state index contributed by atoms with van der Waals surface area (Å²) in [6.45, 7) is 2.66. The van der Waals surface area contributed by atoms with Crippen LogP contribution in [0.4, 0.5) is 0 Å². The van der Waals surface area contributed by atoms with E-state index in [0.29, 0.717) is 25.2 Å². The van der Waals surface area contributed by atoms with Gasteiger partial charge in [-0.1, -0.05) is 101 Å².